The van der Waals surface area contributed by atoms with E-state index in [0.717, 1.165) is 39.2 Å². The van der Waals surface area contributed by atoms with Crippen LogP contribution in [-0.4, -0.2) is 9.55 Å². The number of rotatable bonds is 3. The van der Waals surface area contributed by atoms with Crippen LogP contribution < -0.4 is 10.2 Å². The van der Waals surface area contributed by atoms with Crippen molar-refractivity contribution in [3.8, 4) is 16.9 Å². The van der Waals surface area contributed by atoms with Crippen molar-refractivity contribution >= 4 is 38.9 Å². The van der Waals surface area contributed by atoms with E-state index in [1.807, 2.05) is 0 Å². The Bertz CT molecular complexity index is 1920. The summed E-state index contributed by atoms with van der Waals surface area (Å²) in [5.41, 5.74) is 10.2. The fourth-order valence-corrected chi connectivity index (χ4v) is 5.85. The summed E-state index contributed by atoms with van der Waals surface area (Å²) in [5.74, 6) is 0. The molecule has 1 N–H and O–H groups in total. The number of nitrogens with one attached hydrogen (secondary N) is 1. The van der Waals surface area contributed by atoms with E-state index in [2.05, 4.69) is 148 Å². The summed E-state index contributed by atoms with van der Waals surface area (Å²) in [4.78, 5) is 7.38. The van der Waals surface area contributed by atoms with Crippen LogP contribution in [0, 0.1) is 0 Å². The van der Waals surface area contributed by atoms with Gasteiger partial charge in [0.1, 0.15) is 6.17 Å². The van der Waals surface area contributed by atoms with Crippen molar-refractivity contribution in [3.63, 3.8) is 0 Å². The zero-order valence-corrected chi connectivity index (χ0v) is 20.6. The normalized spacial score (nSPS) is 14.7. The highest BCUT2D eigenvalue weighted by atomic mass is 15.3. The Balaban J connectivity index is 1.32. The van der Waals surface area contributed by atoms with Gasteiger partial charge in [-0.15, -0.1) is 0 Å². The molecular weight excluding hydrogens is 464 g/mol. The molecule has 4 heteroatoms. The highest BCUT2D eigenvalue weighted by Crippen LogP contribution is 2.46. The number of aromatic nitrogens is 2. The van der Waals surface area contributed by atoms with Gasteiger partial charge >= 0.3 is 0 Å². The Kier molecular flexibility index (Phi) is 4.55. The van der Waals surface area contributed by atoms with Crippen LogP contribution in [0.1, 0.15) is 11.7 Å². The quantitative estimate of drug-likeness (QED) is 0.270. The number of anilines is 3. The third-order valence-electron chi connectivity index (χ3n) is 7.57. The molecule has 0 spiro atoms. The summed E-state index contributed by atoms with van der Waals surface area (Å²) in [6, 6.07) is 44.9. The summed E-state index contributed by atoms with van der Waals surface area (Å²) in [6.45, 7) is 0. The summed E-state index contributed by atoms with van der Waals surface area (Å²) < 4.78 is 2.31. The molecule has 0 fully saturated rings. The third-order valence-corrected chi connectivity index (χ3v) is 7.57. The molecule has 1 unspecified atom stereocenters. The lowest BCUT2D eigenvalue weighted by atomic mass is 10.0. The smallest absolute Gasteiger partial charge is 0.130 e. The van der Waals surface area contributed by atoms with E-state index in [9.17, 15) is 0 Å². The van der Waals surface area contributed by atoms with Crippen LogP contribution in [-0.2, 0) is 0 Å². The van der Waals surface area contributed by atoms with Gasteiger partial charge in [-0.1, -0.05) is 78.9 Å². The van der Waals surface area contributed by atoms with E-state index >= 15 is 0 Å². The van der Waals surface area contributed by atoms with Gasteiger partial charge in [0.05, 0.1) is 28.1 Å². The molecule has 0 aliphatic carbocycles. The molecular formula is C34H24N4. The number of fused-ring (bicyclic) bond motifs is 6. The molecule has 0 radical (unpaired) electrons. The zero-order chi connectivity index (χ0) is 25.1. The van der Waals surface area contributed by atoms with Crippen LogP contribution in [0.5, 0.6) is 0 Å². The van der Waals surface area contributed by atoms with E-state index < -0.39 is 0 Å². The maximum absolute atomic E-state index is 5.00. The van der Waals surface area contributed by atoms with Gasteiger partial charge in [-0.3, -0.25) is 0 Å². The second-order valence-corrected chi connectivity index (χ2v) is 9.77. The summed E-state index contributed by atoms with van der Waals surface area (Å²) in [5, 5.41) is 6.11. The average molecular weight is 489 g/mol. The van der Waals surface area contributed by atoms with Gasteiger partial charge in [-0.25, -0.2) is 4.98 Å². The predicted molar refractivity (Wildman–Crippen MR) is 157 cm³/mol. The van der Waals surface area contributed by atoms with Crippen molar-refractivity contribution in [2.24, 2.45) is 0 Å². The molecule has 8 rings (SSSR count). The second-order valence-electron chi connectivity index (χ2n) is 9.77. The molecule has 0 aromatic heterocycles. The molecule has 3 heterocycles. The molecule has 0 saturated heterocycles. The molecule has 5 aromatic rings. The van der Waals surface area contributed by atoms with Gasteiger partial charge in [0.2, 0.25) is 0 Å². The maximum atomic E-state index is 5.00. The van der Waals surface area contributed by atoms with Gasteiger partial charge in [0, 0.05) is 33.9 Å². The summed E-state index contributed by atoms with van der Waals surface area (Å²) in [7, 11) is 0. The first-order chi connectivity index (χ1) is 18.8. The SMILES string of the molecule is c1ccc(N2c3ccccc3NC2c2cccc(-n3cc4c5ccccc5nc-4c4ccccc43)c2)cc1. The van der Waals surface area contributed by atoms with Crippen molar-refractivity contribution in [1.29, 1.82) is 0 Å². The van der Waals surface area contributed by atoms with Crippen molar-refractivity contribution in [2.45, 2.75) is 6.17 Å². The lowest BCUT2D eigenvalue weighted by Gasteiger charge is -2.28. The minimum atomic E-state index is -0.0215. The van der Waals surface area contributed by atoms with E-state index in [1.54, 1.807) is 0 Å². The van der Waals surface area contributed by atoms with E-state index in [4.69, 9.17) is 4.98 Å². The zero-order valence-electron chi connectivity index (χ0n) is 20.6. The van der Waals surface area contributed by atoms with E-state index in [-0.39, 0.29) is 6.17 Å². The van der Waals surface area contributed by atoms with Crippen LogP contribution in [0.25, 0.3) is 38.8 Å². The second kappa shape index (κ2) is 8.22. The van der Waals surface area contributed by atoms with Crippen molar-refractivity contribution in [2.75, 3.05) is 10.2 Å². The number of pyridine rings is 1. The monoisotopic (exact) mass is 488 g/mol. The molecule has 0 bridgehead atoms. The van der Waals surface area contributed by atoms with Crippen molar-refractivity contribution < 1.29 is 0 Å². The number of para-hydroxylation sites is 5. The Morgan fingerprint density at radius 3 is 2.29 bits per heavy atom. The molecule has 0 saturated carbocycles. The lowest BCUT2D eigenvalue weighted by Crippen LogP contribution is -2.23. The molecule has 3 aliphatic rings. The largest absolute Gasteiger partial charge is 0.359 e. The fourth-order valence-electron chi connectivity index (χ4n) is 5.85. The summed E-state index contributed by atoms with van der Waals surface area (Å²) >= 11 is 0. The average Bonchev–Trinajstić information content (AvgIpc) is 3.56. The van der Waals surface area contributed by atoms with Crippen LogP contribution in [0.4, 0.5) is 17.1 Å². The van der Waals surface area contributed by atoms with Crippen molar-refractivity contribution in [1.82, 2.24) is 9.55 Å². The first-order valence-electron chi connectivity index (χ1n) is 12.9. The standard InChI is InChI=1S/C34H24N4/c1-2-12-24(13-3-1)38-32-20-9-7-18-30(32)36-34(38)23-11-10-14-25(21-23)37-22-28-26-15-4-6-17-29(26)35-33(28)27-16-5-8-19-31(27)37/h1-22,34,36H. The van der Waals surface area contributed by atoms with Crippen molar-refractivity contribution in [3.05, 3.63) is 139 Å². The molecule has 38 heavy (non-hydrogen) atoms. The van der Waals surface area contributed by atoms with Crippen LogP contribution >= 0.6 is 0 Å². The van der Waals surface area contributed by atoms with Gasteiger partial charge in [0.25, 0.3) is 0 Å². The van der Waals surface area contributed by atoms with Crippen LogP contribution in [0.15, 0.2) is 134 Å². The minimum Gasteiger partial charge on any atom is -0.359 e. The minimum absolute atomic E-state index is 0.0215. The highest BCUT2D eigenvalue weighted by Gasteiger charge is 2.31. The summed E-state index contributed by atoms with van der Waals surface area (Å²) in [6.07, 6.45) is 2.23. The Morgan fingerprint density at radius 2 is 1.37 bits per heavy atom. The Morgan fingerprint density at radius 1 is 0.632 bits per heavy atom. The first-order valence-corrected chi connectivity index (χ1v) is 12.9. The molecule has 0 amide bonds. The number of hydrogen-bond donors (Lipinski definition) is 1. The number of benzene rings is 5. The maximum Gasteiger partial charge on any atom is 0.130 e. The highest BCUT2D eigenvalue weighted by molar-refractivity contribution is 6.06. The van der Waals surface area contributed by atoms with Gasteiger partial charge in [0.15, 0.2) is 0 Å². The number of hydrogen-bond acceptors (Lipinski definition) is 3. The molecule has 1 atom stereocenters. The van der Waals surface area contributed by atoms with E-state index in [0.29, 0.717) is 0 Å². The third kappa shape index (κ3) is 3.14. The lowest BCUT2D eigenvalue weighted by molar-refractivity contribution is 0.826. The van der Waals surface area contributed by atoms with Gasteiger partial charge in [-0.2, -0.15) is 0 Å². The van der Waals surface area contributed by atoms with Gasteiger partial charge in [-0.05, 0) is 54.1 Å². The fraction of sp³-hybridized carbons (Fsp3) is 0.0294. The molecule has 5 aromatic carbocycles. The molecule has 180 valence electrons. The first kappa shape index (κ1) is 21.0. The Hall–Kier alpha value is -5.09. The van der Waals surface area contributed by atoms with E-state index in [1.165, 1.54) is 22.2 Å². The van der Waals surface area contributed by atoms with Crippen LogP contribution in [0.3, 0.4) is 0 Å². The number of nitrogens with zero attached hydrogens (tertiary/aromatic N) is 3. The van der Waals surface area contributed by atoms with Gasteiger partial charge < -0.3 is 14.8 Å². The molecule has 4 nitrogen and oxygen atoms in total. The predicted octanol–water partition coefficient (Wildman–Crippen LogP) is 8.55. The van der Waals surface area contributed by atoms with Crippen LogP contribution in [0.2, 0.25) is 0 Å². The topological polar surface area (TPSA) is 33.1 Å². The Labute approximate surface area is 220 Å². The molecule has 3 aliphatic heterocycles.